The Morgan fingerprint density at radius 2 is 1.90 bits per heavy atom. The molecule has 6 heteroatoms. The van der Waals surface area contributed by atoms with Crippen LogP contribution in [0.3, 0.4) is 0 Å². The van der Waals surface area contributed by atoms with Crippen LogP contribution in [0.15, 0.2) is 59.7 Å². The highest BCUT2D eigenvalue weighted by Gasteiger charge is 2.18. The van der Waals surface area contributed by atoms with E-state index < -0.39 is 0 Å². The van der Waals surface area contributed by atoms with E-state index >= 15 is 0 Å². The Kier molecular flexibility index (Phi) is 4.92. The van der Waals surface area contributed by atoms with Crippen molar-refractivity contribution in [2.24, 2.45) is 0 Å². The van der Waals surface area contributed by atoms with E-state index in [9.17, 15) is 9.59 Å². The molecule has 0 atom stereocenters. The van der Waals surface area contributed by atoms with E-state index in [-0.39, 0.29) is 24.1 Å². The van der Waals surface area contributed by atoms with Crippen LogP contribution in [0.1, 0.15) is 25.0 Å². The molecule has 2 aromatic carbocycles. The summed E-state index contributed by atoms with van der Waals surface area (Å²) >= 11 is 0. The van der Waals surface area contributed by atoms with Crippen LogP contribution in [-0.2, 0) is 17.9 Å². The first kappa shape index (κ1) is 18.9. The molecule has 0 aliphatic rings. The highest BCUT2D eigenvalue weighted by atomic mass is 16.2. The number of nitrogens with one attached hydrogen (secondary N) is 1. The number of hydrogen-bond donors (Lipinski definition) is 1. The van der Waals surface area contributed by atoms with E-state index in [2.05, 4.69) is 10.3 Å². The number of carbonyl (C=O) groups excluding carboxylic acids is 1. The Morgan fingerprint density at radius 1 is 1.14 bits per heavy atom. The SMILES string of the molecule is Cc1ccc2c(c1)c1ncn(Cc3ccccc3)c(=O)c1n2CC(=O)NC(C)C. The molecule has 0 fully saturated rings. The number of rotatable bonds is 5. The third-order valence-corrected chi connectivity index (χ3v) is 4.93. The van der Waals surface area contributed by atoms with Crippen LogP contribution < -0.4 is 10.9 Å². The largest absolute Gasteiger partial charge is 0.352 e. The Hall–Kier alpha value is -3.41. The molecule has 4 rings (SSSR count). The monoisotopic (exact) mass is 388 g/mol. The lowest BCUT2D eigenvalue weighted by atomic mass is 10.1. The lowest BCUT2D eigenvalue weighted by molar-refractivity contribution is -0.122. The molecule has 0 radical (unpaired) electrons. The van der Waals surface area contributed by atoms with Crippen molar-refractivity contribution < 1.29 is 4.79 Å². The van der Waals surface area contributed by atoms with Gasteiger partial charge >= 0.3 is 0 Å². The van der Waals surface area contributed by atoms with Crippen LogP contribution in [-0.4, -0.2) is 26.1 Å². The molecule has 1 N–H and O–H groups in total. The van der Waals surface area contributed by atoms with Gasteiger partial charge in [-0.1, -0.05) is 42.0 Å². The molecule has 1 amide bonds. The zero-order chi connectivity index (χ0) is 20.5. The smallest absolute Gasteiger partial charge is 0.278 e. The molecule has 0 unspecified atom stereocenters. The lowest BCUT2D eigenvalue weighted by Crippen LogP contribution is -2.33. The first-order valence-corrected chi connectivity index (χ1v) is 9.75. The molecule has 0 spiro atoms. The van der Waals surface area contributed by atoms with Crippen LogP contribution in [0.25, 0.3) is 21.9 Å². The number of aromatic nitrogens is 3. The highest BCUT2D eigenvalue weighted by molar-refractivity contribution is 6.06. The van der Waals surface area contributed by atoms with Crippen molar-refractivity contribution in [1.82, 2.24) is 19.4 Å². The molecule has 0 aliphatic carbocycles. The number of nitrogens with zero attached hydrogens (tertiary/aromatic N) is 3. The molecule has 4 aromatic rings. The van der Waals surface area contributed by atoms with Gasteiger partial charge in [0.1, 0.15) is 17.6 Å². The van der Waals surface area contributed by atoms with E-state index in [4.69, 9.17) is 0 Å². The van der Waals surface area contributed by atoms with Gasteiger partial charge in [0.25, 0.3) is 5.56 Å². The van der Waals surface area contributed by atoms with E-state index in [0.29, 0.717) is 17.6 Å². The molecule has 0 bridgehead atoms. The molecule has 0 saturated heterocycles. The van der Waals surface area contributed by atoms with Crippen molar-refractivity contribution in [3.8, 4) is 0 Å². The number of carbonyl (C=O) groups is 1. The summed E-state index contributed by atoms with van der Waals surface area (Å²) < 4.78 is 3.39. The van der Waals surface area contributed by atoms with Crippen molar-refractivity contribution in [1.29, 1.82) is 0 Å². The second-order valence-corrected chi connectivity index (χ2v) is 7.69. The van der Waals surface area contributed by atoms with E-state index in [1.165, 1.54) is 0 Å². The van der Waals surface area contributed by atoms with Gasteiger partial charge in [0.05, 0.1) is 18.4 Å². The van der Waals surface area contributed by atoms with Crippen LogP contribution in [0.4, 0.5) is 0 Å². The normalized spacial score (nSPS) is 11.4. The summed E-state index contributed by atoms with van der Waals surface area (Å²) in [4.78, 5) is 30.5. The second kappa shape index (κ2) is 7.54. The van der Waals surface area contributed by atoms with Crippen molar-refractivity contribution >= 4 is 27.8 Å². The van der Waals surface area contributed by atoms with Gasteiger partial charge in [0, 0.05) is 11.4 Å². The number of hydrogen-bond acceptors (Lipinski definition) is 3. The summed E-state index contributed by atoms with van der Waals surface area (Å²) in [5.41, 5.74) is 3.89. The van der Waals surface area contributed by atoms with Gasteiger partial charge in [-0.25, -0.2) is 4.98 Å². The second-order valence-electron chi connectivity index (χ2n) is 7.69. The van der Waals surface area contributed by atoms with Crippen LogP contribution >= 0.6 is 0 Å². The highest BCUT2D eigenvalue weighted by Crippen LogP contribution is 2.26. The zero-order valence-electron chi connectivity index (χ0n) is 16.8. The third-order valence-electron chi connectivity index (χ3n) is 4.93. The predicted octanol–water partition coefficient (Wildman–Crippen LogP) is 3.23. The molecule has 0 saturated carbocycles. The van der Waals surface area contributed by atoms with Gasteiger partial charge in [-0.15, -0.1) is 0 Å². The van der Waals surface area contributed by atoms with Crippen LogP contribution in [0.5, 0.6) is 0 Å². The molecular weight excluding hydrogens is 364 g/mol. The Bertz CT molecular complexity index is 1250. The number of fused-ring (bicyclic) bond motifs is 3. The molecule has 148 valence electrons. The minimum atomic E-state index is -0.148. The maximum absolute atomic E-state index is 13.4. The first-order chi connectivity index (χ1) is 13.9. The van der Waals surface area contributed by atoms with E-state index in [1.54, 1.807) is 15.5 Å². The van der Waals surface area contributed by atoms with Crippen LogP contribution in [0.2, 0.25) is 0 Å². The minimum absolute atomic E-state index is 0.0331. The first-order valence-electron chi connectivity index (χ1n) is 9.75. The van der Waals surface area contributed by atoms with Crippen molar-refractivity contribution in [3.05, 3.63) is 76.3 Å². The lowest BCUT2D eigenvalue weighted by Gasteiger charge is -2.11. The summed E-state index contributed by atoms with van der Waals surface area (Å²) in [5, 5.41) is 3.80. The summed E-state index contributed by atoms with van der Waals surface area (Å²) in [6, 6.07) is 15.8. The molecule has 29 heavy (non-hydrogen) atoms. The molecule has 2 heterocycles. The molecule has 2 aromatic heterocycles. The third kappa shape index (κ3) is 3.66. The molecule has 6 nitrogen and oxygen atoms in total. The number of amides is 1. The quantitative estimate of drug-likeness (QED) is 0.571. The summed E-state index contributed by atoms with van der Waals surface area (Å²) in [6.07, 6.45) is 1.60. The average Bonchev–Trinajstić information content (AvgIpc) is 2.97. The fraction of sp³-hybridized carbons (Fsp3) is 0.261. The van der Waals surface area contributed by atoms with Gasteiger partial charge in [-0.3, -0.25) is 14.2 Å². The summed E-state index contributed by atoms with van der Waals surface area (Å²) in [7, 11) is 0. The Balaban J connectivity index is 1.90. The van der Waals surface area contributed by atoms with Crippen molar-refractivity contribution in [3.63, 3.8) is 0 Å². The maximum atomic E-state index is 13.4. The Morgan fingerprint density at radius 3 is 2.62 bits per heavy atom. The standard InChI is InChI=1S/C23H24N4O2/c1-15(2)25-20(28)13-27-19-10-9-16(3)11-18(19)21-22(27)23(29)26(14-24-21)12-17-7-5-4-6-8-17/h4-11,14-15H,12-13H2,1-3H3,(H,25,28). The predicted molar refractivity (Wildman–Crippen MR) is 115 cm³/mol. The number of benzene rings is 2. The Labute approximate surface area is 168 Å². The topological polar surface area (TPSA) is 68.9 Å². The van der Waals surface area contributed by atoms with Gasteiger partial charge in [0.15, 0.2) is 0 Å². The summed E-state index contributed by atoms with van der Waals surface area (Å²) in [5.74, 6) is -0.128. The van der Waals surface area contributed by atoms with Crippen molar-refractivity contribution in [2.45, 2.75) is 39.9 Å². The maximum Gasteiger partial charge on any atom is 0.278 e. The van der Waals surface area contributed by atoms with Gasteiger partial charge < -0.3 is 9.88 Å². The van der Waals surface area contributed by atoms with E-state index in [1.807, 2.05) is 69.3 Å². The van der Waals surface area contributed by atoms with Gasteiger partial charge in [-0.05, 0) is 38.5 Å². The van der Waals surface area contributed by atoms with Crippen molar-refractivity contribution in [2.75, 3.05) is 0 Å². The number of aryl methyl sites for hydroxylation is 1. The van der Waals surface area contributed by atoms with E-state index in [0.717, 1.165) is 22.0 Å². The molecular formula is C23H24N4O2. The fourth-order valence-electron chi connectivity index (χ4n) is 3.68. The van der Waals surface area contributed by atoms with Crippen LogP contribution in [0, 0.1) is 6.92 Å². The van der Waals surface area contributed by atoms with Gasteiger partial charge in [-0.2, -0.15) is 0 Å². The fourth-order valence-corrected chi connectivity index (χ4v) is 3.68. The minimum Gasteiger partial charge on any atom is -0.352 e. The zero-order valence-corrected chi connectivity index (χ0v) is 16.8. The molecule has 0 aliphatic heterocycles. The summed E-state index contributed by atoms with van der Waals surface area (Å²) in [6.45, 7) is 6.35. The van der Waals surface area contributed by atoms with Gasteiger partial charge in [0.2, 0.25) is 5.91 Å². The average molecular weight is 388 g/mol.